The predicted octanol–water partition coefficient (Wildman–Crippen LogP) is 1.35. The Morgan fingerprint density at radius 2 is 2.33 bits per heavy atom. The maximum Gasteiger partial charge on any atom is 0.303 e. The van der Waals surface area contributed by atoms with Crippen LogP contribution < -0.4 is 4.74 Å². The summed E-state index contributed by atoms with van der Waals surface area (Å²) in [5, 5.41) is 0. The minimum absolute atomic E-state index is 0.151. The third-order valence-electron chi connectivity index (χ3n) is 1.26. The van der Waals surface area contributed by atoms with Gasteiger partial charge >= 0.3 is 5.97 Å². The van der Waals surface area contributed by atoms with Crippen molar-refractivity contribution in [2.75, 3.05) is 7.11 Å². The van der Waals surface area contributed by atoms with Crippen molar-refractivity contribution in [3.05, 3.63) is 17.9 Å². The molecule has 0 unspecified atom stereocenters. The van der Waals surface area contributed by atoms with Crippen LogP contribution in [-0.2, 0) is 16.1 Å². The molecule has 0 aliphatic heterocycles. The predicted molar refractivity (Wildman–Crippen MR) is 40.7 cm³/mol. The molecule has 0 spiro atoms. The summed E-state index contributed by atoms with van der Waals surface area (Å²) in [5.41, 5.74) is 0. The second-order valence-corrected chi connectivity index (χ2v) is 2.21. The number of ether oxygens (including phenoxy) is 2. The van der Waals surface area contributed by atoms with Crippen LogP contribution in [0.5, 0.6) is 5.95 Å². The van der Waals surface area contributed by atoms with Gasteiger partial charge in [-0.3, -0.25) is 4.79 Å². The van der Waals surface area contributed by atoms with E-state index in [9.17, 15) is 4.79 Å². The van der Waals surface area contributed by atoms with Crippen LogP contribution in [0.1, 0.15) is 12.7 Å². The zero-order chi connectivity index (χ0) is 8.97. The van der Waals surface area contributed by atoms with Gasteiger partial charge in [-0.25, -0.2) is 0 Å². The molecule has 0 radical (unpaired) electrons. The Bertz CT molecular complexity index is 264. The van der Waals surface area contributed by atoms with Gasteiger partial charge in [0.05, 0.1) is 7.11 Å². The lowest BCUT2D eigenvalue weighted by Crippen LogP contribution is -1.97. The average Bonchev–Trinajstić information content (AvgIpc) is 2.48. The van der Waals surface area contributed by atoms with E-state index in [1.165, 1.54) is 14.0 Å². The SMILES string of the molecule is COc1ccc(COC(C)=O)o1. The lowest BCUT2D eigenvalue weighted by Gasteiger charge is -1.96. The quantitative estimate of drug-likeness (QED) is 0.642. The lowest BCUT2D eigenvalue weighted by molar-refractivity contribution is -0.142. The number of hydrogen-bond donors (Lipinski definition) is 0. The van der Waals surface area contributed by atoms with Gasteiger partial charge in [0, 0.05) is 13.0 Å². The van der Waals surface area contributed by atoms with Gasteiger partial charge < -0.3 is 13.9 Å². The number of hydrogen-bond acceptors (Lipinski definition) is 4. The maximum atomic E-state index is 10.4. The number of methoxy groups -OCH3 is 1. The highest BCUT2D eigenvalue weighted by Crippen LogP contribution is 2.15. The zero-order valence-corrected chi connectivity index (χ0v) is 6.99. The summed E-state index contributed by atoms with van der Waals surface area (Å²) in [4.78, 5) is 10.4. The van der Waals surface area contributed by atoms with Crippen LogP contribution in [0.25, 0.3) is 0 Å². The number of carbonyl (C=O) groups excluding carboxylic acids is 1. The number of esters is 1. The molecule has 0 aliphatic carbocycles. The highest BCUT2D eigenvalue weighted by molar-refractivity contribution is 5.65. The van der Waals surface area contributed by atoms with Crippen LogP contribution in [-0.4, -0.2) is 13.1 Å². The minimum atomic E-state index is -0.328. The fraction of sp³-hybridized carbons (Fsp3) is 0.375. The number of rotatable bonds is 3. The van der Waals surface area contributed by atoms with Crippen molar-refractivity contribution in [3.8, 4) is 5.95 Å². The van der Waals surface area contributed by atoms with E-state index in [4.69, 9.17) is 13.9 Å². The van der Waals surface area contributed by atoms with Crippen LogP contribution in [0, 0.1) is 0 Å². The Labute approximate surface area is 70.1 Å². The molecule has 1 aromatic heterocycles. The van der Waals surface area contributed by atoms with Crippen molar-refractivity contribution in [1.29, 1.82) is 0 Å². The van der Waals surface area contributed by atoms with Crippen molar-refractivity contribution in [1.82, 2.24) is 0 Å². The van der Waals surface area contributed by atoms with E-state index in [1.54, 1.807) is 12.1 Å². The maximum absolute atomic E-state index is 10.4. The molecule has 0 amide bonds. The van der Waals surface area contributed by atoms with Crippen molar-refractivity contribution in [2.24, 2.45) is 0 Å². The van der Waals surface area contributed by atoms with Gasteiger partial charge in [0.15, 0.2) is 0 Å². The summed E-state index contributed by atoms with van der Waals surface area (Å²) < 4.78 is 14.6. The fourth-order valence-electron chi connectivity index (χ4n) is 0.718. The van der Waals surface area contributed by atoms with Crippen molar-refractivity contribution >= 4 is 5.97 Å². The van der Waals surface area contributed by atoms with Crippen LogP contribution in [0.2, 0.25) is 0 Å². The summed E-state index contributed by atoms with van der Waals surface area (Å²) in [6, 6.07) is 3.36. The lowest BCUT2D eigenvalue weighted by atomic mass is 10.5. The molecule has 0 N–H and O–H groups in total. The van der Waals surface area contributed by atoms with Crippen molar-refractivity contribution in [3.63, 3.8) is 0 Å². The number of carbonyl (C=O) groups is 1. The average molecular weight is 170 g/mol. The normalized spacial score (nSPS) is 9.50. The van der Waals surface area contributed by atoms with Gasteiger partial charge in [0.2, 0.25) is 0 Å². The largest absolute Gasteiger partial charge is 0.468 e. The molecule has 0 aliphatic rings. The van der Waals surface area contributed by atoms with Gasteiger partial charge in [-0.05, 0) is 6.07 Å². The van der Waals surface area contributed by atoms with Crippen molar-refractivity contribution < 1.29 is 18.7 Å². The Morgan fingerprint density at radius 1 is 1.58 bits per heavy atom. The van der Waals surface area contributed by atoms with Gasteiger partial charge in [-0.15, -0.1) is 0 Å². The van der Waals surface area contributed by atoms with Crippen LogP contribution in [0.3, 0.4) is 0 Å². The molecule has 1 rings (SSSR count). The molecule has 0 aromatic carbocycles. The first-order chi connectivity index (χ1) is 5.72. The van der Waals surface area contributed by atoms with E-state index >= 15 is 0 Å². The molecule has 1 aromatic rings. The zero-order valence-electron chi connectivity index (χ0n) is 6.99. The molecule has 0 fully saturated rings. The van der Waals surface area contributed by atoms with E-state index in [2.05, 4.69) is 0 Å². The fourth-order valence-corrected chi connectivity index (χ4v) is 0.718. The highest BCUT2D eigenvalue weighted by Gasteiger charge is 2.02. The molecule has 0 saturated heterocycles. The smallest absolute Gasteiger partial charge is 0.303 e. The number of furan rings is 1. The van der Waals surface area contributed by atoms with E-state index in [0.717, 1.165) is 0 Å². The Hall–Kier alpha value is -1.45. The van der Waals surface area contributed by atoms with E-state index in [-0.39, 0.29) is 12.6 Å². The third kappa shape index (κ3) is 2.30. The third-order valence-corrected chi connectivity index (χ3v) is 1.26. The summed E-state index contributed by atoms with van der Waals surface area (Å²) in [5.74, 6) is 0.657. The summed E-state index contributed by atoms with van der Waals surface area (Å²) in [7, 11) is 1.51. The first-order valence-corrected chi connectivity index (χ1v) is 3.48. The Morgan fingerprint density at radius 3 is 2.83 bits per heavy atom. The van der Waals surface area contributed by atoms with E-state index in [0.29, 0.717) is 11.7 Å². The summed E-state index contributed by atoms with van der Waals surface area (Å²) >= 11 is 0. The Kier molecular flexibility index (Phi) is 2.74. The summed E-state index contributed by atoms with van der Waals surface area (Å²) in [6.45, 7) is 1.50. The van der Waals surface area contributed by atoms with Gasteiger partial charge in [0.25, 0.3) is 5.95 Å². The second kappa shape index (κ2) is 3.80. The molecule has 0 bridgehead atoms. The highest BCUT2D eigenvalue weighted by atomic mass is 16.6. The summed E-state index contributed by atoms with van der Waals surface area (Å²) in [6.07, 6.45) is 0. The van der Waals surface area contributed by atoms with Crippen LogP contribution in [0.4, 0.5) is 0 Å². The Balaban J connectivity index is 2.47. The molecule has 4 nitrogen and oxygen atoms in total. The van der Waals surface area contributed by atoms with Crippen molar-refractivity contribution in [2.45, 2.75) is 13.5 Å². The molecule has 1 heterocycles. The molecular formula is C8H10O4. The molecule has 4 heteroatoms. The van der Waals surface area contributed by atoms with E-state index in [1.807, 2.05) is 0 Å². The minimum Gasteiger partial charge on any atom is -0.468 e. The molecular weight excluding hydrogens is 160 g/mol. The van der Waals surface area contributed by atoms with E-state index < -0.39 is 0 Å². The first-order valence-electron chi connectivity index (χ1n) is 3.48. The molecule has 12 heavy (non-hydrogen) atoms. The van der Waals surface area contributed by atoms with Gasteiger partial charge in [0.1, 0.15) is 12.4 Å². The standard InChI is InChI=1S/C8H10O4/c1-6(9)11-5-7-3-4-8(10-2)12-7/h3-4H,5H2,1-2H3. The monoisotopic (exact) mass is 170 g/mol. The van der Waals surface area contributed by atoms with Gasteiger partial charge in [-0.1, -0.05) is 0 Å². The first kappa shape index (κ1) is 8.64. The molecule has 66 valence electrons. The van der Waals surface area contributed by atoms with Crippen LogP contribution >= 0.6 is 0 Å². The topological polar surface area (TPSA) is 48.7 Å². The van der Waals surface area contributed by atoms with Gasteiger partial charge in [-0.2, -0.15) is 0 Å². The van der Waals surface area contributed by atoms with Crippen LogP contribution in [0.15, 0.2) is 16.5 Å². The molecule has 0 atom stereocenters. The molecule has 0 saturated carbocycles. The second-order valence-electron chi connectivity index (χ2n) is 2.21.